The lowest BCUT2D eigenvalue weighted by molar-refractivity contribution is 0.270. The molecule has 0 radical (unpaired) electrons. The molecule has 1 N–H and O–H groups in total. The summed E-state index contributed by atoms with van der Waals surface area (Å²) in [7, 11) is 0. The van der Waals surface area contributed by atoms with E-state index in [1.54, 1.807) is 6.21 Å². The molecule has 0 spiro atoms. The highest BCUT2D eigenvalue weighted by Gasteiger charge is 2.40. The number of pyridine rings is 1. The van der Waals surface area contributed by atoms with Gasteiger partial charge in [0, 0.05) is 29.3 Å². The van der Waals surface area contributed by atoms with Crippen LogP contribution in [0.5, 0.6) is 0 Å². The molecule has 0 saturated carbocycles. The van der Waals surface area contributed by atoms with Gasteiger partial charge in [0.05, 0.1) is 16.9 Å². The number of para-hydroxylation sites is 1. The summed E-state index contributed by atoms with van der Waals surface area (Å²) in [5.74, 6) is 2.61. The molecule has 0 amide bonds. The van der Waals surface area contributed by atoms with Crippen LogP contribution in [0.4, 0.5) is 0 Å². The first kappa shape index (κ1) is 26.7. The summed E-state index contributed by atoms with van der Waals surface area (Å²) in [4.78, 5) is 14.9. The second-order valence-corrected chi connectivity index (χ2v) is 9.48. The predicted octanol–water partition coefficient (Wildman–Crippen LogP) is 8.52. The van der Waals surface area contributed by atoms with Crippen molar-refractivity contribution >= 4 is 17.1 Å². The van der Waals surface area contributed by atoms with Gasteiger partial charge in [0.25, 0.3) is 0 Å². The number of hydrogen-bond donors (Lipinski definition) is 1. The Bertz CT molecular complexity index is 1200. The Balaban J connectivity index is 0.000000815. The molecule has 0 fully saturated rings. The molecule has 2 aromatic heterocycles. The van der Waals surface area contributed by atoms with Gasteiger partial charge in [-0.15, -0.1) is 0 Å². The minimum Gasteiger partial charge on any atom is -0.308 e. The van der Waals surface area contributed by atoms with E-state index in [0.29, 0.717) is 23.7 Å². The van der Waals surface area contributed by atoms with Crippen molar-refractivity contribution in [2.24, 2.45) is 11.8 Å². The SMILES string of the molecule is CC.CC.CC1=C(C=N)CC2c3nc(-c4ccnc5ccccc45)nc(C(C)C)c3CCC2C1C. The number of fused-ring (bicyclic) bond motifs is 4. The molecular weight excluding hydrogens is 428 g/mol. The van der Waals surface area contributed by atoms with Crippen LogP contribution in [0.3, 0.4) is 0 Å². The summed E-state index contributed by atoms with van der Waals surface area (Å²) in [5.41, 5.74) is 8.37. The summed E-state index contributed by atoms with van der Waals surface area (Å²) in [6.45, 7) is 17.0. The van der Waals surface area contributed by atoms with Gasteiger partial charge in [-0.1, -0.05) is 72.2 Å². The van der Waals surface area contributed by atoms with E-state index in [0.717, 1.165) is 35.1 Å². The Morgan fingerprint density at radius 2 is 1.74 bits per heavy atom. The van der Waals surface area contributed by atoms with Gasteiger partial charge in [0.1, 0.15) is 0 Å². The maximum atomic E-state index is 7.96. The highest BCUT2D eigenvalue weighted by Crippen LogP contribution is 2.50. The van der Waals surface area contributed by atoms with Crippen LogP contribution in [0, 0.1) is 17.2 Å². The summed E-state index contributed by atoms with van der Waals surface area (Å²) in [5, 5.41) is 9.06. The largest absolute Gasteiger partial charge is 0.308 e. The fourth-order valence-electron chi connectivity index (χ4n) is 5.72. The lowest BCUT2D eigenvalue weighted by Gasteiger charge is -2.42. The van der Waals surface area contributed by atoms with Crippen LogP contribution in [-0.2, 0) is 6.42 Å². The number of benzene rings is 1. The molecule has 186 valence electrons. The van der Waals surface area contributed by atoms with Crippen molar-refractivity contribution < 1.29 is 0 Å². The number of hydrogen-bond acceptors (Lipinski definition) is 4. The van der Waals surface area contributed by atoms with Gasteiger partial charge in [0.15, 0.2) is 5.82 Å². The molecule has 35 heavy (non-hydrogen) atoms. The number of rotatable bonds is 3. The van der Waals surface area contributed by atoms with Crippen LogP contribution in [0.2, 0.25) is 0 Å². The summed E-state index contributed by atoms with van der Waals surface area (Å²) >= 11 is 0. The first-order valence-corrected chi connectivity index (χ1v) is 13.4. The molecule has 2 aliphatic carbocycles. The summed E-state index contributed by atoms with van der Waals surface area (Å²) in [6, 6.07) is 10.3. The molecule has 2 aliphatic rings. The molecule has 3 unspecified atom stereocenters. The summed E-state index contributed by atoms with van der Waals surface area (Å²) < 4.78 is 0. The number of nitrogens with one attached hydrogen (secondary N) is 1. The third kappa shape index (κ3) is 4.94. The second-order valence-electron chi connectivity index (χ2n) is 9.48. The van der Waals surface area contributed by atoms with Crippen LogP contribution >= 0.6 is 0 Å². The predicted molar refractivity (Wildman–Crippen MR) is 149 cm³/mol. The Kier molecular flexibility index (Phi) is 8.93. The van der Waals surface area contributed by atoms with Crippen molar-refractivity contribution in [3.63, 3.8) is 0 Å². The van der Waals surface area contributed by atoms with E-state index in [1.165, 1.54) is 34.5 Å². The van der Waals surface area contributed by atoms with Crippen LogP contribution in [-0.4, -0.2) is 21.2 Å². The lowest BCUT2D eigenvalue weighted by atomic mass is 9.63. The van der Waals surface area contributed by atoms with Gasteiger partial charge in [-0.25, -0.2) is 9.97 Å². The minimum absolute atomic E-state index is 0.348. The number of aromatic nitrogens is 3. The molecule has 4 nitrogen and oxygen atoms in total. The molecule has 1 aromatic carbocycles. The topological polar surface area (TPSA) is 62.5 Å². The molecule has 3 aromatic rings. The average Bonchev–Trinajstić information content (AvgIpc) is 2.91. The van der Waals surface area contributed by atoms with Crippen LogP contribution in [0.25, 0.3) is 22.3 Å². The zero-order chi connectivity index (χ0) is 25.7. The maximum Gasteiger partial charge on any atom is 0.160 e. The minimum atomic E-state index is 0.348. The monoisotopic (exact) mass is 470 g/mol. The fraction of sp³-hybridized carbons (Fsp3) is 0.484. The van der Waals surface area contributed by atoms with E-state index in [1.807, 2.05) is 52.1 Å². The number of allylic oxidation sites excluding steroid dienone is 2. The average molecular weight is 471 g/mol. The fourth-order valence-corrected chi connectivity index (χ4v) is 5.72. The Hall–Kier alpha value is -2.88. The highest BCUT2D eigenvalue weighted by atomic mass is 14.9. The van der Waals surface area contributed by atoms with Gasteiger partial charge >= 0.3 is 0 Å². The molecule has 4 heteroatoms. The third-order valence-corrected chi connectivity index (χ3v) is 7.55. The standard InChI is InChI=1S/C27H30N4.2C2H6/c1-15(2)25-22-10-9-19-17(4)16(3)18(14-28)13-23(19)26(22)31-27(30-25)21-11-12-29-24-8-6-5-7-20(21)24;2*1-2/h5-8,11-12,14-15,17,19,23,28H,9-10,13H2,1-4H3;2*1-2H3. The lowest BCUT2D eigenvalue weighted by Crippen LogP contribution is -2.33. The zero-order valence-electron chi connectivity index (χ0n) is 22.8. The quantitative estimate of drug-likeness (QED) is 0.390. The van der Waals surface area contributed by atoms with Gasteiger partial charge in [-0.05, 0) is 67.2 Å². The maximum absolute atomic E-state index is 7.96. The Labute approximate surface area is 211 Å². The highest BCUT2D eigenvalue weighted by molar-refractivity contribution is 5.92. The second kappa shape index (κ2) is 11.7. The Morgan fingerprint density at radius 1 is 1.03 bits per heavy atom. The zero-order valence-corrected chi connectivity index (χ0v) is 22.8. The third-order valence-electron chi connectivity index (χ3n) is 7.55. The summed E-state index contributed by atoms with van der Waals surface area (Å²) in [6.07, 6.45) is 6.59. The van der Waals surface area contributed by atoms with Crippen molar-refractivity contribution in [2.75, 3.05) is 0 Å². The van der Waals surface area contributed by atoms with Gasteiger partial charge in [0.2, 0.25) is 0 Å². The smallest absolute Gasteiger partial charge is 0.160 e. The van der Waals surface area contributed by atoms with E-state index < -0.39 is 0 Å². The number of nitrogens with zero attached hydrogens (tertiary/aromatic N) is 3. The van der Waals surface area contributed by atoms with Crippen molar-refractivity contribution in [1.29, 1.82) is 5.41 Å². The van der Waals surface area contributed by atoms with Crippen molar-refractivity contribution in [2.45, 2.75) is 86.5 Å². The molecule has 0 bridgehead atoms. The van der Waals surface area contributed by atoms with Crippen molar-refractivity contribution in [3.05, 3.63) is 64.6 Å². The van der Waals surface area contributed by atoms with Crippen LogP contribution in [0.1, 0.15) is 97.0 Å². The van der Waals surface area contributed by atoms with Gasteiger partial charge in [-0.2, -0.15) is 0 Å². The van der Waals surface area contributed by atoms with E-state index in [-0.39, 0.29) is 0 Å². The van der Waals surface area contributed by atoms with Crippen LogP contribution in [0.15, 0.2) is 47.7 Å². The van der Waals surface area contributed by atoms with E-state index in [2.05, 4.69) is 44.8 Å². The molecule has 0 aliphatic heterocycles. The first-order valence-electron chi connectivity index (χ1n) is 13.4. The normalized spacial score (nSPS) is 20.8. The molecular formula is C31H42N4. The van der Waals surface area contributed by atoms with E-state index in [4.69, 9.17) is 15.4 Å². The van der Waals surface area contributed by atoms with E-state index >= 15 is 0 Å². The molecule has 2 heterocycles. The molecule has 3 atom stereocenters. The van der Waals surface area contributed by atoms with E-state index in [9.17, 15) is 0 Å². The first-order chi connectivity index (χ1) is 17.0. The molecule has 5 rings (SSSR count). The van der Waals surface area contributed by atoms with Gasteiger partial charge < -0.3 is 5.41 Å². The van der Waals surface area contributed by atoms with Crippen molar-refractivity contribution in [3.8, 4) is 11.4 Å². The van der Waals surface area contributed by atoms with Gasteiger partial charge in [-0.3, -0.25) is 4.98 Å². The van der Waals surface area contributed by atoms with Crippen LogP contribution < -0.4 is 0 Å². The molecule has 0 saturated heterocycles. The Morgan fingerprint density at radius 3 is 2.43 bits per heavy atom. The van der Waals surface area contributed by atoms with Crippen molar-refractivity contribution in [1.82, 2.24) is 15.0 Å².